The van der Waals surface area contributed by atoms with Crippen molar-refractivity contribution in [1.29, 1.82) is 0 Å². The Morgan fingerprint density at radius 2 is 2.25 bits per heavy atom. The number of nitrogens with one attached hydrogen (secondary N) is 1. The molecule has 20 heavy (non-hydrogen) atoms. The number of aromatic nitrogens is 2. The van der Waals surface area contributed by atoms with Gasteiger partial charge in [-0.05, 0) is 39.5 Å². The summed E-state index contributed by atoms with van der Waals surface area (Å²) in [5.74, 6) is 0.876. The van der Waals surface area contributed by atoms with E-state index in [9.17, 15) is 4.79 Å². The van der Waals surface area contributed by atoms with E-state index in [1.165, 1.54) is 0 Å². The molecule has 3 rings (SSSR count). The number of benzene rings is 1. The summed E-state index contributed by atoms with van der Waals surface area (Å²) < 4.78 is 0.811. The molecular weight excluding hydrogens is 320 g/mol. The van der Waals surface area contributed by atoms with Gasteiger partial charge in [0.05, 0.1) is 12.2 Å². The van der Waals surface area contributed by atoms with E-state index in [0.29, 0.717) is 6.42 Å². The number of hydrogen-bond donors (Lipinski definition) is 2. The van der Waals surface area contributed by atoms with Crippen LogP contribution in [0.5, 0.6) is 0 Å². The molecule has 1 unspecified atom stereocenters. The van der Waals surface area contributed by atoms with Crippen molar-refractivity contribution in [2.24, 2.45) is 5.73 Å². The molecule has 3 N–H and O–H groups in total. The van der Waals surface area contributed by atoms with Crippen LogP contribution < -0.4 is 10.6 Å². The molecule has 0 aliphatic carbocycles. The van der Waals surface area contributed by atoms with Crippen LogP contribution in [0.2, 0.25) is 0 Å². The van der Waals surface area contributed by atoms with Gasteiger partial charge in [0.25, 0.3) is 0 Å². The molecule has 1 aliphatic rings. The highest BCUT2D eigenvalue weighted by Crippen LogP contribution is 2.30. The number of carbonyl (C=O) groups excluding carboxylic acids is 1. The average Bonchev–Trinajstić information content (AvgIpc) is 2.88. The first-order valence-corrected chi connectivity index (χ1v) is 7.21. The molecule has 0 bridgehead atoms. The van der Waals surface area contributed by atoms with Crippen molar-refractivity contribution < 1.29 is 4.79 Å². The fraction of sp³-hybridized carbons (Fsp3) is 0.286. The zero-order valence-corrected chi connectivity index (χ0v) is 12.6. The summed E-state index contributed by atoms with van der Waals surface area (Å²) in [5.41, 5.74) is 9.35. The van der Waals surface area contributed by atoms with E-state index >= 15 is 0 Å². The number of carbonyl (C=O) groups is 1. The molecule has 0 spiro atoms. The average molecular weight is 335 g/mol. The lowest BCUT2D eigenvalue weighted by Crippen LogP contribution is -2.31. The Morgan fingerprint density at radius 1 is 1.45 bits per heavy atom. The minimum Gasteiger partial charge on any atom is -0.335 e. The fourth-order valence-electron chi connectivity index (χ4n) is 2.50. The lowest BCUT2D eigenvalue weighted by atomic mass is 9.96. The Labute approximate surface area is 125 Å². The van der Waals surface area contributed by atoms with E-state index in [4.69, 9.17) is 5.73 Å². The first-order valence-electron chi connectivity index (χ1n) is 6.41. The molecule has 0 fully saturated rings. The summed E-state index contributed by atoms with van der Waals surface area (Å²) >= 11 is 3.33. The van der Waals surface area contributed by atoms with Crippen LogP contribution in [0.3, 0.4) is 0 Å². The molecular formula is C14H15BrN4O. The minimum absolute atomic E-state index is 0.157. The minimum atomic E-state index is -0.297. The summed E-state index contributed by atoms with van der Waals surface area (Å²) in [4.78, 5) is 20.7. The molecule has 2 heterocycles. The van der Waals surface area contributed by atoms with Crippen molar-refractivity contribution in [3.8, 4) is 0 Å². The SMILES string of the molecule is CN1C(=O)CCc2cc(C(N)c3ncc(Br)[nH]3)ccc21. The summed E-state index contributed by atoms with van der Waals surface area (Å²) in [6.45, 7) is 0. The predicted molar refractivity (Wildman–Crippen MR) is 80.5 cm³/mol. The number of aromatic amines is 1. The Balaban J connectivity index is 1.95. The van der Waals surface area contributed by atoms with Gasteiger partial charge in [-0.2, -0.15) is 0 Å². The van der Waals surface area contributed by atoms with Crippen molar-refractivity contribution in [3.63, 3.8) is 0 Å². The highest BCUT2D eigenvalue weighted by Gasteiger charge is 2.22. The summed E-state index contributed by atoms with van der Waals surface area (Å²) in [5, 5.41) is 0. The number of hydrogen-bond acceptors (Lipinski definition) is 3. The molecule has 5 nitrogen and oxygen atoms in total. The molecule has 1 amide bonds. The third-order valence-electron chi connectivity index (χ3n) is 3.67. The molecule has 1 aliphatic heterocycles. The van der Waals surface area contributed by atoms with Gasteiger partial charge >= 0.3 is 0 Å². The first-order chi connectivity index (χ1) is 9.56. The molecule has 6 heteroatoms. The van der Waals surface area contributed by atoms with E-state index in [0.717, 1.165) is 33.7 Å². The number of imidazole rings is 1. The number of halogens is 1. The van der Waals surface area contributed by atoms with E-state index < -0.39 is 0 Å². The van der Waals surface area contributed by atoms with Gasteiger partial charge in [0, 0.05) is 19.2 Å². The van der Waals surface area contributed by atoms with Gasteiger partial charge in [-0.3, -0.25) is 4.79 Å². The monoisotopic (exact) mass is 334 g/mol. The smallest absolute Gasteiger partial charge is 0.227 e. The zero-order valence-electron chi connectivity index (χ0n) is 11.1. The highest BCUT2D eigenvalue weighted by atomic mass is 79.9. The number of rotatable bonds is 2. The van der Waals surface area contributed by atoms with Crippen LogP contribution in [-0.4, -0.2) is 22.9 Å². The molecule has 1 aromatic heterocycles. The van der Waals surface area contributed by atoms with E-state index in [1.807, 2.05) is 19.2 Å². The number of anilines is 1. The van der Waals surface area contributed by atoms with Crippen LogP contribution in [0, 0.1) is 0 Å². The maximum absolute atomic E-state index is 11.7. The Morgan fingerprint density at radius 3 is 2.95 bits per heavy atom. The number of H-pyrrole nitrogens is 1. The second-order valence-corrected chi connectivity index (χ2v) is 5.79. The van der Waals surface area contributed by atoms with Gasteiger partial charge in [0.2, 0.25) is 5.91 Å². The van der Waals surface area contributed by atoms with Crippen molar-refractivity contribution in [2.45, 2.75) is 18.9 Å². The quantitative estimate of drug-likeness (QED) is 0.883. The highest BCUT2D eigenvalue weighted by molar-refractivity contribution is 9.10. The maximum Gasteiger partial charge on any atom is 0.227 e. The van der Waals surface area contributed by atoms with Gasteiger partial charge in [-0.25, -0.2) is 4.98 Å². The largest absolute Gasteiger partial charge is 0.335 e. The summed E-state index contributed by atoms with van der Waals surface area (Å²) in [7, 11) is 1.81. The van der Waals surface area contributed by atoms with Crippen LogP contribution >= 0.6 is 15.9 Å². The number of nitrogens with two attached hydrogens (primary N) is 1. The third kappa shape index (κ3) is 2.25. The molecule has 2 aromatic rings. The maximum atomic E-state index is 11.7. The first kappa shape index (κ1) is 13.3. The number of fused-ring (bicyclic) bond motifs is 1. The second kappa shape index (κ2) is 5.03. The normalized spacial score (nSPS) is 16.1. The molecule has 0 radical (unpaired) electrons. The van der Waals surface area contributed by atoms with Crippen molar-refractivity contribution in [2.75, 3.05) is 11.9 Å². The molecule has 104 valence electrons. The van der Waals surface area contributed by atoms with Crippen LogP contribution in [-0.2, 0) is 11.2 Å². The van der Waals surface area contributed by atoms with Crippen LogP contribution in [0.25, 0.3) is 0 Å². The van der Waals surface area contributed by atoms with Crippen molar-refractivity contribution in [3.05, 3.63) is 46.0 Å². The zero-order chi connectivity index (χ0) is 14.3. The molecule has 0 saturated carbocycles. The van der Waals surface area contributed by atoms with Gasteiger partial charge in [-0.1, -0.05) is 12.1 Å². The van der Waals surface area contributed by atoms with E-state index in [1.54, 1.807) is 11.1 Å². The standard InChI is InChI=1S/C14H15BrN4O/c1-19-10-4-2-9(6-8(10)3-5-12(19)20)13(16)14-17-7-11(15)18-14/h2,4,6-7,13H,3,5,16H2,1H3,(H,17,18). The Hall–Kier alpha value is -1.66. The van der Waals surface area contributed by atoms with Gasteiger partial charge in [0.15, 0.2) is 0 Å². The second-order valence-electron chi connectivity index (χ2n) is 4.93. The molecule has 0 saturated heterocycles. The molecule has 1 atom stereocenters. The number of aryl methyl sites for hydroxylation is 1. The molecule has 1 aromatic carbocycles. The van der Waals surface area contributed by atoms with Crippen LogP contribution in [0.1, 0.15) is 29.4 Å². The predicted octanol–water partition coefficient (Wildman–Crippen LogP) is 2.13. The number of amides is 1. The Kier molecular flexibility index (Phi) is 3.35. The Bertz CT molecular complexity index is 667. The third-order valence-corrected chi connectivity index (χ3v) is 4.07. The van der Waals surface area contributed by atoms with Crippen LogP contribution in [0.15, 0.2) is 29.0 Å². The lowest BCUT2D eigenvalue weighted by molar-refractivity contribution is -0.118. The van der Waals surface area contributed by atoms with E-state index in [-0.39, 0.29) is 11.9 Å². The topological polar surface area (TPSA) is 75.0 Å². The van der Waals surface area contributed by atoms with Gasteiger partial charge in [-0.15, -0.1) is 0 Å². The van der Waals surface area contributed by atoms with Gasteiger partial charge < -0.3 is 15.6 Å². The summed E-state index contributed by atoms with van der Waals surface area (Å²) in [6, 6.07) is 5.68. The summed E-state index contributed by atoms with van der Waals surface area (Å²) in [6.07, 6.45) is 3.01. The van der Waals surface area contributed by atoms with Crippen LogP contribution in [0.4, 0.5) is 5.69 Å². The van der Waals surface area contributed by atoms with Crippen molar-refractivity contribution in [1.82, 2.24) is 9.97 Å². The fourth-order valence-corrected chi connectivity index (χ4v) is 2.80. The lowest BCUT2D eigenvalue weighted by Gasteiger charge is -2.26. The van der Waals surface area contributed by atoms with Gasteiger partial charge in [0.1, 0.15) is 10.4 Å². The van der Waals surface area contributed by atoms with Crippen molar-refractivity contribution >= 4 is 27.5 Å². The van der Waals surface area contributed by atoms with E-state index in [2.05, 4.69) is 32.0 Å². The number of nitrogens with zero attached hydrogens (tertiary/aromatic N) is 2.